The van der Waals surface area contributed by atoms with E-state index in [0.29, 0.717) is 0 Å². The molecule has 0 aliphatic carbocycles. The van der Waals surface area contributed by atoms with Gasteiger partial charge in [-0.2, -0.15) is 0 Å². The molecule has 0 heterocycles. The lowest BCUT2D eigenvalue weighted by molar-refractivity contribution is 1.65. The van der Waals surface area contributed by atoms with Crippen molar-refractivity contribution in [2.45, 2.75) is 19.6 Å². The van der Waals surface area contributed by atoms with E-state index in [-0.39, 0.29) is 0 Å². The third-order valence-electron chi connectivity index (χ3n) is 4.14. The molecular weight excluding hydrogens is 335 g/mol. The average molecular weight is 361 g/mol. The standard InChI is InChI=1S/C23H25PSi/c1-25(2,3)23(19-20-13-7-4-8-14-20)24(21-15-9-5-10-16-21)22-17-11-6-12-18-22/h4-19H,1-3H3/b23-19-. The number of hydrogen-bond donors (Lipinski definition) is 0. The minimum absolute atomic E-state index is 0.503. The van der Waals surface area contributed by atoms with Crippen LogP contribution in [0.5, 0.6) is 0 Å². The van der Waals surface area contributed by atoms with Crippen molar-refractivity contribution in [2.24, 2.45) is 0 Å². The molecular formula is C23H25PSi. The summed E-state index contributed by atoms with van der Waals surface area (Å²) in [4.78, 5) is 1.63. The molecule has 0 saturated carbocycles. The molecule has 0 aliphatic rings. The Kier molecular flexibility index (Phi) is 5.68. The molecule has 0 N–H and O–H groups in total. The maximum absolute atomic E-state index is 2.46. The Labute approximate surface area is 154 Å². The van der Waals surface area contributed by atoms with E-state index in [1.54, 1.807) is 4.94 Å². The van der Waals surface area contributed by atoms with Crippen molar-refractivity contribution in [3.63, 3.8) is 0 Å². The quantitative estimate of drug-likeness (QED) is 0.384. The fraction of sp³-hybridized carbons (Fsp3) is 0.130. The van der Waals surface area contributed by atoms with Gasteiger partial charge >= 0.3 is 0 Å². The molecule has 0 nitrogen and oxygen atoms in total. The summed E-state index contributed by atoms with van der Waals surface area (Å²) in [6.07, 6.45) is 2.46. The maximum Gasteiger partial charge on any atom is 0.0790 e. The van der Waals surface area contributed by atoms with E-state index in [9.17, 15) is 0 Å². The minimum atomic E-state index is -1.51. The van der Waals surface area contributed by atoms with Crippen LogP contribution >= 0.6 is 7.92 Å². The Morgan fingerprint density at radius 2 is 1.04 bits per heavy atom. The molecule has 0 aliphatic heterocycles. The summed E-state index contributed by atoms with van der Waals surface area (Å²) in [5.74, 6) is 0. The lowest BCUT2D eigenvalue weighted by atomic mass is 10.2. The zero-order chi connectivity index (χ0) is 17.7. The van der Waals surface area contributed by atoms with Crippen LogP contribution in [0.4, 0.5) is 0 Å². The molecule has 0 bridgehead atoms. The first-order chi connectivity index (χ1) is 12.1. The van der Waals surface area contributed by atoms with Crippen LogP contribution in [0.15, 0.2) is 95.9 Å². The summed E-state index contributed by atoms with van der Waals surface area (Å²) in [6, 6.07) is 32.8. The Hall–Kier alpha value is -1.95. The lowest BCUT2D eigenvalue weighted by Crippen LogP contribution is -2.28. The summed E-state index contributed by atoms with van der Waals surface area (Å²) >= 11 is 0. The molecule has 3 aromatic rings. The molecule has 0 atom stereocenters. The van der Waals surface area contributed by atoms with E-state index in [1.807, 2.05) is 0 Å². The van der Waals surface area contributed by atoms with Crippen LogP contribution < -0.4 is 10.6 Å². The summed E-state index contributed by atoms with van der Waals surface area (Å²) in [5.41, 5.74) is 1.30. The molecule has 25 heavy (non-hydrogen) atoms. The number of benzene rings is 3. The van der Waals surface area contributed by atoms with Crippen molar-refractivity contribution >= 4 is 32.7 Å². The largest absolute Gasteiger partial charge is 0.0790 e. The van der Waals surface area contributed by atoms with E-state index in [0.717, 1.165) is 0 Å². The van der Waals surface area contributed by atoms with Crippen molar-refractivity contribution in [1.29, 1.82) is 0 Å². The molecule has 0 amide bonds. The third kappa shape index (κ3) is 4.57. The second kappa shape index (κ2) is 7.95. The second-order valence-corrected chi connectivity index (χ2v) is 14.8. The summed E-state index contributed by atoms with van der Waals surface area (Å²) < 4.78 is 0. The first-order valence-corrected chi connectivity index (χ1v) is 13.6. The van der Waals surface area contributed by atoms with Gasteiger partial charge in [0.1, 0.15) is 0 Å². The highest BCUT2D eigenvalue weighted by Crippen LogP contribution is 2.48. The number of hydrogen-bond acceptors (Lipinski definition) is 0. The fourth-order valence-corrected chi connectivity index (χ4v) is 9.04. The topological polar surface area (TPSA) is 0 Å². The first-order valence-electron chi connectivity index (χ1n) is 8.73. The highest BCUT2D eigenvalue weighted by atomic mass is 31.1. The molecule has 0 aromatic heterocycles. The van der Waals surface area contributed by atoms with Gasteiger partial charge in [-0.15, -0.1) is 0 Å². The highest BCUT2D eigenvalue weighted by molar-refractivity contribution is 7.79. The molecule has 3 aromatic carbocycles. The van der Waals surface area contributed by atoms with E-state index in [1.165, 1.54) is 16.2 Å². The normalized spacial score (nSPS) is 12.4. The van der Waals surface area contributed by atoms with Crippen LogP contribution in [-0.2, 0) is 0 Å². The van der Waals surface area contributed by atoms with E-state index >= 15 is 0 Å². The van der Waals surface area contributed by atoms with Crippen LogP contribution in [-0.4, -0.2) is 8.07 Å². The van der Waals surface area contributed by atoms with Crippen LogP contribution in [0.2, 0.25) is 19.6 Å². The minimum Gasteiger partial charge on any atom is -0.0656 e. The summed E-state index contributed by atoms with van der Waals surface area (Å²) in [7, 11) is -2.01. The van der Waals surface area contributed by atoms with Gasteiger partial charge in [0, 0.05) is 0 Å². The molecule has 0 radical (unpaired) electrons. The third-order valence-corrected chi connectivity index (χ3v) is 10.7. The van der Waals surface area contributed by atoms with Gasteiger partial charge in [0.25, 0.3) is 0 Å². The first kappa shape index (κ1) is 17.9. The maximum atomic E-state index is 2.46. The highest BCUT2D eigenvalue weighted by Gasteiger charge is 2.29. The second-order valence-electron chi connectivity index (χ2n) is 7.20. The van der Waals surface area contributed by atoms with Gasteiger partial charge in [0.05, 0.1) is 8.07 Å². The van der Waals surface area contributed by atoms with Gasteiger partial charge in [-0.1, -0.05) is 117 Å². The molecule has 0 saturated heterocycles. The van der Waals surface area contributed by atoms with Gasteiger partial charge in [-0.05, 0) is 29.0 Å². The van der Waals surface area contributed by atoms with Crippen LogP contribution in [0.25, 0.3) is 6.08 Å². The van der Waals surface area contributed by atoms with E-state index < -0.39 is 16.0 Å². The SMILES string of the molecule is C[Si](C)(C)/C(=C\c1ccccc1)P(c1ccccc1)c1ccccc1. The molecule has 2 heteroatoms. The average Bonchev–Trinajstić information content (AvgIpc) is 2.63. The molecule has 3 rings (SSSR count). The van der Waals surface area contributed by atoms with Crippen molar-refractivity contribution in [3.8, 4) is 0 Å². The van der Waals surface area contributed by atoms with Crippen molar-refractivity contribution < 1.29 is 0 Å². The lowest BCUT2D eigenvalue weighted by Gasteiger charge is -2.30. The van der Waals surface area contributed by atoms with Crippen molar-refractivity contribution in [2.75, 3.05) is 0 Å². The van der Waals surface area contributed by atoms with E-state index in [4.69, 9.17) is 0 Å². The van der Waals surface area contributed by atoms with Gasteiger partial charge in [0.2, 0.25) is 0 Å². The van der Waals surface area contributed by atoms with Crippen molar-refractivity contribution in [3.05, 3.63) is 101 Å². The predicted octanol–water partition coefficient (Wildman–Crippen LogP) is 6.04. The van der Waals surface area contributed by atoms with Gasteiger partial charge < -0.3 is 0 Å². The smallest absolute Gasteiger partial charge is 0.0656 e. The van der Waals surface area contributed by atoms with Crippen LogP contribution in [0, 0.1) is 0 Å². The Bertz CT molecular complexity index is 779. The molecule has 126 valence electrons. The van der Waals surface area contributed by atoms with Gasteiger partial charge in [0.15, 0.2) is 0 Å². The monoisotopic (exact) mass is 360 g/mol. The van der Waals surface area contributed by atoms with Crippen molar-refractivity contribution in [1.82, 2.24) is 0 Å². The Morgan fingerprint density at radius 1 is 0.640 bits per heavy atom. The van der Waals surface area contributed by atoms with Gasteiger partial charge in [-0.25, -0.2) is 0 Å². The van der Waals surface area contributed by atoms with Gasteiger partial charge in [-0.3, -0.25) is 0 Å². The Morgan fingerprint density at radius 3 is 1.44 bits per heavy atom. The van der Waals surface area contributed by atoms with E-state index in [2.05, 4.69) is 117 Å². The predicted molar refractivity (Wildman–Crippen MR) is 117 cm³/mol. The molecule has 0 fully saturated rings. The van der Waals surface area contributed by atoms with Crippen LogP contribution in [0.1, 0.15) is 5.56 Å². The number of rotatable bonds is 5. The zero-order valence-corrected chi connectivity index (χ0v) is 17.1. The molecule has 0 spiro atoms. The summed E-state index contributed by atoms with van der Waals surface area (Å²) in [5, 5.41) is 2.88. The zero-order valence-electron chi connectivity index (χ0n) is 15.2. The molecule has 0 unspecified atom stereocenters. The van der Waals surface area contributed by atoms with Crippen LogP contribution in [0.3, 0.4) is 0 Å². The Balaban J connectivity index is 2.19. The summed E-state index contributed by atoms with van der Waals surface area (Å²) in [6.45, 7) is 7.38. The fourth-order valence-electron chi connectivity index (χ4n) is 2.90.